The second-order valence-corrected chi connectivity index (χ2v) is 12.7. The third-order valence-electron chi connectivity index (χ3n) is 6.58. The van der Waals surface area contributed by atoms with Crippen LogP contribution in [-0.4, -0.2) is 53.9 Å². The summed E-state index contributed by atoms with van der Waals surface area (Å²) >= 11 is 0. The van der Waals surface area contributed by atoms with E-state index in [1.54, 1.807) is 27.0 Å². The van der Waals surface area contributed by atoms with Gasteiger partial charge in [-0.25, -0.2) is 13.4 Å². The molecule has 1 saturated heterocycles. The molecule has 0 radical (unpaired) electrons. The lowest BCUT2D eigenvalue weighted by Gasteiger charge is -2.29. The molecule has 3 N–H and O–H groups in total. The maximum atomic E-state index is 12.8. The van der Waals surface area contributed by atoms with Crippen molar-refractivity contribution in [2.24, 2.45) is 0 Å². The predicted molar refractivity (Wildman–Crippen MR) is 151 cm³/mol. The van der Waals surface area contributed by atoms with Crippen molar-refractivity contribution in [3.8, 4) is 5.69 Å². The molecule has 4 aromatic rings. The molecular weight excluding hydrogens is 486 g/mol. The number of aromatic nitrogens is 3. The Balaban J connectivity index is 1.41. The van der Waals surface area contributed by atoms with E-state index in [4.69, 9.17) is 4.98 Å². The number of aryl methyl sites for hydroxylation is 1. The summed E-state index contributed by atoms with van der Waals surface area (Å²) < 4.78 is 29.3. The molecule has 0 spiro atoms. The second kappa shape index (κ2) is 9.68. The fourth-order valence-corrected chi connectivity index (χ4v) is 4.98. The summed E-state index contributed by atoms with van der Waals surface area (Å²) in [5, 5.41) is 7.57. The van der Waals surface area contributed by atoms with Crippen LogP contribution in [0.1, 0.15) is 26.3 Å². The van der Waals surface area contributed by atoms with Gasteiger partial charge < -0.3 is 20.1 Å². The van der Waals surface area contributed by atoms with Gasteiger partial charge in [0.1, 0.15) is 5.65 Å². The van der Waals surface area contributed by atoms with E-state index >= 15 is 0 Å². The van der Waals surface area contributed by atoms with E-state index in [1.165, 1.54) is 5.69 Å². The van der Waals surface area contributed by atoms with Gasteiger partial charge in [0.2, 0.25) is 16.0 Å². The van der Waals surface area contributed by atoms with Crippen LogP contribution in [0.15, 0.2) is 60.9 Å². The molecule has 0 amide bonds. The standard InChI is InChI=1S/C27H33N7O2S/c1-19-5-8-23(17-24(19)32-37(35,36)27(2,3)4)34-14-11-20-18-29-26(31-25(20)34)30-21-6-9-22(10-7-21)33-15-12-28-13-16-33/h5-11,14,17-18,28,32H,12-13,15-16H2,1-4H3,(H,29,30,31). The van der Waals surface area contributed by atoms with Gasteiger partial charge in [-0.05, 0) is 75.7 Å². The van der Waals surface area contributed by atoms with Crippen molar-refractivity contribution in [3.63, 3.8) is 0 Å². The number of rotatable bonds is 6. The number of nitrogens with zero attached hydrogens (tertiary/aromatic N) is 4. The Bertz CT molecular complexity index is 1520. The molecule has 194 valence electrons. The highest BCUT2D eigenvalue weighted by Gasteiger charge is 2.29. The highest BCUT2D eigenvalue weighted by molar-refractivity contribution is 7.94. The molecule has 0 saturated carbocycles. The molecule has 0 unspecified atom stereocenters. The van der Waals surface area contributed by atoms with Gasteiger partial charge in [-0.2, -0.15) is 4.98 Å². The summed E-state index contributed by atoms with van der Waals surface area (Å²) in [7, 11) is -3.55. The van der Waals surface area contributed by atoms with Gasteiger partial charge in [0.05, 0.1) is 10.4 Å². The normalized spacial score (nSPS) is 14.6. The van der Waals surface area contributed by atoms with Gasteiger partial charge in [-0.1, -0.05) is 6.07 Å². The molecular formula is C27H33N7O2S. The lowest BCUT2D eigenvalue weighted by atomic mass is 10.2. The van der Waals surface area contributed by atoms with Gasteiger partial charge in [0, 0.05) is 61.0 Å². The van der Waals surface area contributed by atoms with Gasteiger partial charge in [0.15, 0.2) is 0 Å². The summed E-state index contributed by atoms with van der Waals surface area (Å²) in [4.78, 5) is 11.6. The SMILES string of the molecule is Cc1ccc(-n2ccc3cnc(Nc4ccc(N5CCNCC5)cc4)nc32)cc1NS(=O)(=O)C(C)(C)C. The molecule has 5 rings (SSSR count). The highest BCUT2D eigenvalue weighted by atomic mass is 32.2. The number of nitrogens with one attached hydrogen (secondary N) is 3. The topological polar surface area (TPSA) is 104 Å². The van der Waals surface area contributed by atoms with E-state index in [1.807, 2.05) is 54.1 Å². The van der Waals surface area contributed by atoms with Crippen molar-refractivity contribution >= 4 is 44.1 Å². The van der Waals surface area contributed by atoms with Crippen molar-refractivity contribution in [1.82, 2.24) is 19.9 Å². The molecule has 0 aliphatic carbocycles. The Morgan fingerprint density at radius 3 is 2.38 bits per heavy atom. The summed E-state index contributed by atoms with van der Waals surface area (Å²) in [5.74, 6) is 0.489. The maximum absolute atomic E-state index is 12.8. The summed E-state index contributed by atoms with van der Waals surface area (Å²) in [6.07, 6.45) is 3.70. The highest BCUT2D eigenvalue weighted by Crippen LogP contribution is 2.27. The smallest absolute Gasteiger partial charge is 0.237 e. The van der Waals surface area contributed by atoms with Crippen LogP contribution >= 0.6 is 0 Å². The molecule has 1 aliphatic heterocycles. The first-order chi connectivity index (χ1) is 17.6. The summed E-state index contributed by atoms with van der Waals surface area (Å²) in [6, 6.07) is 15.9. The van der Waals surface area contributed by atoms with Gasteiger partial charge in [-0.3, -0.25) is 4.72 Å². The molecule has 9 nitrogen and oxygen atoms in total. The minimum atomic E-state index is -3.55. The van der Waals surface area contributed by atoms with Crippen LogP contribution < -0.4 is 20.3 Å². The number of anilines is 4. The lowest BCUT2D eigenvalue weighted by molar-refractivity contribution is 0.566. The number of sulfonamides is 1. The number of hydrogen-bond acceptors (Lipinski definition) is 7. The first-order valence-corrected chi connectivity index (χ1v) is 13.9. The molecule has 37 heavy (non-hydrogen) atoms. The Morgan fingerprint density at radius 1 is 0.973 bits per heavy atom. The molecule has 2 aromatic carbocycles. The van der Waals surface area contributed by atoms with Crippen LogP contribution in [0.5, 0.6) is 0 Å². The Labute approximate surface area is 218 Å². The minimum Gasteiger partial charge on any atom is -0.369 e. The van der Waals surface area contributed by atoms with E-state index in [-0.39, 0.29) is 0 Å². The Morgan fingerprint density at radius 2 is 1.68 bits per heavy atom. The van der Waals surface area contributed by atoms with Crippen molar-refractivity contribution < 1.29 is 8.42 Å². The first kappa shape index (κ1) is 25.0. The van der Waals surface area contributed by atoms with Gasteiger partial charge in [0.25, 0.3) is 0 Å². The average Bonchev–Trinajstić information content (AvgIpc) is 3.29. The molecule has 1 fully saturated rings. The molecule has 0 atom stereocenters. The molecule has 2 aromatic heterocycles. The fourth-order valence-electron chi connectivity index (χ4n) is 4.16. The van der Waals surface area contributed by atoms with Gasteiger partial charge in [-0.15, -0.1) is 0 Å². The van der Waals surface area contributed by atoms with Crippen LogP contribution in [0.2, 0.25) is 0 Å². The number of hydrogen-bond donors (Lipinski definition) is 3. The zero-order valence-electron chi connectivity index (χ0n) is 21.6. The molecule has 0 bridgehead atoms. The van der Waals surface area contributed by atoms with Crippen molar-refractivity contribution in [1.29, 1.82) is 0 Å². The maximum Gasteiger partial charge on any atom is 0.237 e. The van der Waals surface area contributed by atoms with Crippen molar-refractivity contribution in [2.75, 3.05) is 41.1 Å². The quantitative estimate of drug-likeness (QED) is 0.346. The largest absolute Gasteiger partial charge is 0.369 e. The second-order valence-electron chi connectivity index (χ2n) is 10.3. The van der Waals surface area contributed by atoms with E-state index in [9.17, 15) is 8.42 Å². The van der Waals surface area contributed by atoms with Crippen LogP contribution in [0.25, 0.3) is 16.7 Å². The summed E-state index contributed by atoms with van der Waals surface area (Å²) in [5.41, 5.74) is 5.03. The van der Waals surface area contributed by atoms with Crippen molar-refractivity contribution in [2.45, 2.75) is 32.4 Å². The van der Waals surface area contributed by atoms with Crippen LogP contribution in [0, 0.1) is 6.92 Å². The van der Waals surface area contributed by atoms with E-state index in [2.05, 4.69) is 37.4 Å². The zero-order valence-corrected chi connectivity index (χ0v) is 22.4. The third-order valence-corrected chi connectivity index (χ3v) is 8.68. The zero-order chi connectivity index (χ0) is 26.2. The minimum absolute atomic E-state index is 0.489. The Kier molecular flexibility index (Phi) is 6.55. The summed E-state index contributed by atoms with van der Waals surface area (Å²) in [6.45, 7) is 10.9. The van der Waals surface area contributed by atoms with Crippen LogP contribution in [0.4, 0.5) is 23.0 Å². The average molecular weight is 520 g/mol. The molecule has 1 aliphatic rings. The molecule has 3 heterocycles. The number of fused-ring (bicyclic) bond motifs is 1. The fraction of sp³-hybridized carbons (Fsp3) is 0.333. The third kappa shape index (κ3) is 5.26. The van der Waals surface area contributed by atoms with E-state index in [0.29, 0.717) is 11.6 Å². The van der Waals surface area contributed by atoms with Crippen LogP contribution in [-0.2, 0) is 10.0 Å². The van der Waals surface area contributed by atoms with Crippen LogP contribution in [0.3, 0.4) is 0 Å². The first-order valence-electron chi connectivity index (χ1n) is 12.4. The Hall–Kier alpha value is -3.63. The lowest BCUT2D eigenvalue weighted by Crippen LogP contribution is -2.43. The molecule has 10 heteroatoms. The monoisotopic (exact) mass is 519 g/mol. The number of benzene rings is 2. The number of piperazine rings is 1. The van der Waals surface area contributed by atoms with Gasteiger partial charge >= 0.3 is 0 Å². The van der Waals surface area contributed by atoms with E-state index in [0.717, 1.165) is 54.2 Å². The van der Waals surface area contributed by atoms with E-state index < -0.39 is 14.8 Å². The van der Waals surface area contributed by atoms with Crippen molar-refractivity contribution in [3.05, 3.63) is 66.5 Å². The predicted octanol–water partition coefficient (Wildman–Crippen LogP) is 4.42.